The van der Waals surface area contributed by atoms with Crippen molar-refractivity contribution in [2.45, 2.75) is 25.0 Å². The van der Waals surface area contributed by atoms with Crippen LogP contribution in [0.15, 0.2) is 18.5 Å². The Bertz CT molecular complexity index is 562. The van der Waals surface area contributed by atoms with E-state index in [0.717, 1.165) is 0 Å². The van der Waals surface area contributed by atoms with Crippen molar-refractivity contribution in [2.75, 3.05) is 0 Å². The van der Waals surface area contributed by atoms with Crippen LogP contribution in [0.1, 0.15) is 24.5 Å². The Morgan fingerprint density at radius 3 is 2.71 bits per heavy atom. The molecule has 0 spiro atoms. The molecule has 0 aromatic carbocycles. The standard InChI is InChI=1S/C12H14N4O5/c13-15-6-8(17)1-2-9(12(20)21)16-11(19)10(18)7-3-4-14-5-7/h3-6,9-10,14,18H,1-2H2,(H,16,19)(H,20,21)/t9-,10+/m0/s1. The lowest BCUT2D eigenvalue weighted by Crippen LogP contribution is -2.43. The van der Waals surface area contributed by atoms with Crippen LogP contribution >= 0.6 is 0 Å². The highest BCUT2D eigenvalue weighted by Gasteiger charge is 2.25. The van der Waals surface area contributed by atoms with Crippen LogP contribution in [0.25, 0.3) is 5.53 Å². The van der Waals surface area contributed by atoms with Crippen LogP contribution in [0.3, 0.4) is 0 Å². The number of H-pyrrole nitrogens is 1. The van der Waals surface area contributed by atoms with Gasteiger partial charge in [-0.05, 0) is 12.5 Å². The Labute approximate surface area is 119 Å². The van der Waals surface area contributed by atoms with Gasteiger partial charge in [-0.1, -0.05) is 0 Å². The van der Waals surface area contributed by atoms with Crippen molar-refractivity contribution in [3.8, 4) is 0 Å². The molecule has 9 heteroatoms. The summed E-state index contributed by atoms with van der Waals surface area (Å²) >= 11 is 0. The number of rotatable bonds is 8. The summed E-state index contributed by atoms with van der Waals surface area (Å²) in [5, 5.41) is 20.8. The molecule has 1 amide bonds. The van der Waals surface area contributed by atoms with Gasteiger partial charge in [-0.3, -0.25) is 9.59 Å². The van der Waals surface area contributed by atoms with Crippen LogP contribution in [0.2, 0.25) is 0 Å². The number of carbonyl (C=O) groups excluding carboxylic acids is 2. The van der Waals surface area contributed by atoms with Crippen molar-refractivity contribution in [3.05, 3.63) is 29.6 Å². The van der Waals surface area contributed by atoms with E-state index in [1.807, 2.05) is 0 Å². The molecule has 1 aromatic rings. The lowest BCUT2D eigenvalue weighted by atomic mass is 10.1. The molecule has 1 rings (SSSR count). The summed E-state index contributed by atoms with van der Waals surface area (Å²) in [5.41, 5.74) is 8.45. The topological polar surface area (TPSA) is 156 Å². The van der Waals surface area contributed by atoms with Crippen molar-refractivity contribution in [1.82, 2.24) is 10.3 Å². The van der Waals surface area contributed by atoms with Crippen molar-refractivity contribution in [3.63, 3.8) is 0 Å². The molecule has 0 aliphatic heterocycles. The van der Waals surface area contributed by atoms with Gasteiger partial charge < -0.3 is 26.0 Å². The summed E-state index contributed by atoms with van der Waals surface area (Å²) in [6.07, 6.45) is 1.64. The fourth-order valence-corrected chi connectivity index (χ4v) is 1.58. The minimum absolute atomic E-state index is 0.189. The van der Waals surface area contributed by atoms with E-state index >= 15 is 0 Å². The van der Waals surface area contributed by atoms with E-state index in [4.69, 9.17) is 10.6 Å². The van der Waals surface area contributed by atoms with Crippen molar-refractivity contribution < 1.29 is 29.4 Å². The van der Waals surface area contributed by atoms with E-state index in [2.05, 4.69) is 15.1 Å². The SMILES string of the molecule is [N-]=[N+]=CC(=O)CC[C@H](NC(=O)[C@H](O)c1cc[nH]c1)C(=O)O. The molecule has 9 nitrogen and oxygen atoms in total. The molecule has 0 aliphatic rings. The number of ketones is 1. The predicted molar refractivity (Wildman–Crippen MR) is 69.2 cm³/mol. The number of carboxylic acids is 1. The molecule has 0 aliphatic carbocycles. The molecule has 1 aromatic heterocycles. The summed E-state index contributed by atoms with van der Waals surface area (Å²) in [7, 11) is 0. The zero-order valence-corrected chi connectivity index (χ0v) is 10.9. The van der Waals surface area contributed by atoms with Gasteiger partial charge in [0.2, 0.25) is 5.78 Å². The number of amides is 1. The zero-order valence-electron chi connectivity index (χ0n) is 10.9. The van der Waals surface area contributed by atoms with Crippen LogP contribution in [0.4, 0.5) is 0 Å². The summed E-state index contributed by atoms with van der Waals surface area (Å²) < 4.78 is 0. The van der Waals surface area contributed by atoms with Crippen LogP contribution in [-0.4, -0.2) is 49.9 Å². The molecular formula is C12H14N4O5. The molecule has 2 atom stereocenters. The molecule has 0 saturated heterocycles. The van der Waals surface area contributed by atoms with Gasteiger partial charge in [-0.2, -0.15) is 4.79 Å². The number of aliphatic hydroxyl groups is 1. The summed E-state index contributed by atoms with van der Waals surface area (Å²) in [5.74, 6) is -2.80. The summed E-state index contributed by atoms with van der Waals surface area (Å²) in [4.78, 5) is 39.0. The molecule has 0 unspecified atom stereocenters. The fourth-order valence-electron chi connectivity index (χ4n) is 1.58. The number of carbonyl (C=O) groups is 3. The van der Waals surface area contributed by atoms with E-state index in [-0.39, 0.29) is 12.8 Å². The maximum atomic E-state index is 11.7. The van der Waals surface area contributed by atoms with Crippen molar-refractivity contribution in [1.29, 1.82) is 0 Å². The molecule has 1 heterocycles. The first-order valence-corrected chi connectivity index (χ1v) is 6.00. The number of aromatic amines is 1. The van der Waals surface area contributed by atoms with Crippen LogP contribution in [0, 0.1) is 0 Å². The van der Waals surface area contributed by atoms with Crippen LogP contribution in [-0.2, 0) is 14.4 Å². The van der Waals surface area contributed by atoms with Gasteiger partial charge in [0.05, 0.1) is 0 Å². The monoisotopic (exact) mass is 294 g/mol. The average Bonchev–Trinajstić information content (AvgIpc) is 2.96. The van der Waals surface area contributed by atoms with E-state index < -0.39 is 29.8 Å². The second-order valence-corrected chi connectivity index (χ2v) is 4.20. The lowest BCUT2D eigenvalue weighted by Gasteiger charge is -2.16. The smallest absolute Gasteiger partial charge is 0.326 e. The third-order valence-electron chi connectivity index (χ3n) is 2.68. The first kappa shape index (κ1) is 16.3. The predicted octanol–water partition coefficient (Wildman–Crippen LogP) is -0.733. The summed E-state index contributed by atoms with van der Waals surface area (Å²) in [6, 6.07) is 0.142. The zero-order chi connectivity index (χ0) is 15.8. The Morgan fingerprint density at radius 1 is 1.48 bits per heavy atom. The van der Waals surface area contributed by atoms with Gasteiger partial charge in [-0.25, -0.2) is 4.79 Å². The maximum absolute atomic E-state index is 11.7. The number of nitrogens with zero attached hydrogens (tertiary/aromatic N) is 2. The lowest BCUT2D eigenvalue weighted by molar-refractivity contribution is -0.143. The molecule has 112 valence electrons. The van der Waals surface area contributed by atoms with E-state index in [1.165, 1.54) is 18.5 Å². The number of hydrogen-bond donors (Lipinski definition) is 4. The first-order chi connectivity index (χ1) is 9.95. The molecule has 4 N–H and O–H groups in total. The van der Waals surface area contributed by atoms with Gasteiger partial charge in [-0.15, -0.1) is 0 Å². The Morgan fingerprint density at radius 2 is 2.19 bits per heavy atom. The number of aliphatic hydroxyl groups excluding tert-OH is 1. The Kier molecular flexibility index (Phi) is 5.99. The second-order valence-electron chi connectivity index (χ2n) is 4.20. The molecule has 0 saturated carbocycles. The summed E-state index contributed by atoms with van der Waals surface area (Å²) in [6.45, 7) is 0. The highest BCUT2D eigenvalue weighted by molar-refractivity contribution is 6.25. The third-order valence-corrected chi connectivity index (χ3v) is 2.68. The number of aromatic nitrogens is 1. The second kappa shape index (κ2) is 7.73. The minimum Gasteiger partial charge on any atom is -0.480 e. The quantitative estimate of drug-likeness (QED) is 0.282. The van der Waals surface area contributed by atoms with Gasteiger partial charge in [0.25, 0.3) is 5.91 Å². The Hall–Kier alpha value is -2.77. The number of aliphatic carboxylic acids is 1. The molecule has 0 bridgehead atoms. The van der Waals surface area contributed by atoms with Gasteiger partial charge in [0.1, 0.15) is 6.04 Å². The normalized spacial score (nSPS) is 12.8. The number of carboxylic acid groups (broad SMARTS) is 1. The van der Waals surface area contributed by atoms with E-state index in [9.17, 15) is 19.5 Å². The van der Waals surface area contributed by atoms with Crippen molar-refractivity contribution >= 4 is 23.9 Å². The van der Waals surface area contributed by atoms with Gasteiger partial charge >= 0.3 is 12.2 Å². The number of hydrogen-bond acceptors (Lipinski definition) is 4. The van der Waals surface area contributed by atoms with Crippen molar-refractivity contribution in [2.24, 2.45) is 0 Å². The molecule has 21 heavy (non-hydrogen) atoms. The largest absolute Gasteiger partial charge is 0.480 e. The Balaban J connectivity index is 2.61. The number of nitrogens with one attached hydrogen (secondary N) is 2. The molecular weight excluding hydrogens is 280 g/mol. The fraction of sp³-hybridized carbons (Fsp3) is 0.333. The third kappa shape index (κ3) is 5.01. The number of Topliss-reactive ketones (excluding diaryl/α,β-unsaturated/α-hetero) is 1. The van der Waals surface area contributed by atoms with Gasteiger partial charge in [0.15, 0.2) is 6.10 Å². The van der Waals surface area contributed by atoms with E-state index in [1.54, 1.807) is 0 Å². The first-order valence-electron chi connectivity index (χ1n) is 6.00. The minimum atomic E-state index is -1.51. The van der Waals surface area contributed by atoms with Crippen LogP contribution in [0.5, 0.6) is 0 Å². The van der Waals surface area contributed by atoms with E-state index in [0.29, 0.717) is 11.8 Å². The highest BCUT2D eigenvalue weighted by atomic mass is 16.4. The van der Waals surface area contributed by atoms with Gasteiger partial charge in [0, 0.05) is 24.4 Å². The van der Waals surface area contributed by atoms with Crippen LogP contribution < -0.4 is 5.32 Å². The molecule has 0 radical (unpaired) electrons. The highest BCUT2D eigenvalue weighted by Crippen LogP contribution is 2.12. The average molecular weight is 294 g/mol. The molecule has 0 fully saturated rings. The maximum Gasteiger partial charge on any atom is 0.326 e.